The van der Waals surface area contributed by atoms with Crippen LogP contribution in [0.4, 0.5) is 0 Å². The second-order valence-electron chi connectivity index (χ2n) is 4.76. The van der Waals surface area contributed by atoms with Crippen LogP contribution in [-0.4, -0.2) is 16.8 Å². The molecule has 2 heterocycles. The molecule has 21 heavy (non-hydrogen) atoms. The smallest absolute Gasteiger partial charge is 0.279 e. The van der Waals surface area contributed by atoms with Crippen molar-refractivity contribution in [3.8, 4) is 0 Å². The molecule has 0 unspecified atom stereocenters. The summed E-state index contributed by atoms with van der Waals surface area (Å²) in [4.78, 5) is 38.9. The van der Waals surface area contributed by atoms with E-state index in [0.717, 1.165) is 19.3 Å². The molecule has 3 rings (SSSR count). The number of rotatable bonds is 2. The first-order chi connectivity index (χ1) is 10.1. The van der Waals surface area contributed by atoms with Crippen molar-refractivity contribution in [2.45, 2.75) is 19.3 Å². The number of hydrogen-bond donors (Lipinski definition) is 3. The first-order valence-electron chi connectivity index (χ1n) is 6.54. The molecule has 108 valence electrons. The molecule has 2 aromatic rings. The lowest BCUT2D eigenvalue weighted by Crippen LogP contribution is -2.41. The molecule has 0 atom stereocenters. The topological polar surface area (TPSA) is 91.1 Å². The summed E-state index contributed by atoms with van der Waals surface area (Å²) >= 11 is 1.47. The number of aryl methyl sites for hydroxylation is 2. The van der Waals surface area contributed by atoms with Crippen LogP contribution in [0.25, 0.3) is 0 Å². The van der Waals surface area contributed by atoms with E-state index in [1.165, 1.54) is 40.1 Å². The molecular formula is C14H13N3O3S. The fourth-order valence-corrected chi connectivity index (χ4v) is 3.39. The van der Waals surface area contributed by atoms with Crippen molar-refractivity contribution in [1.29, 1.82) is 0 Å². The van der Waals surface area contributed by atoms with Gasteiger partial charge in [-0.05, 0) is 37.0 Å². The molecule has 1 aliphatic rings. The van der Waals surface area contributed by atoms with Crippen molar-refractivity contribution in [1.82, 2.24) is 15.8 Å². The summed E-state index contributed by atoms with van der Waals surface area (Å²) < 4.78 is 0. The highest BCUT2D eigenvalue weighted by atomic mass is 32.1. The standard InChI is InChI=1S/C14H13N3O3S/c18-12-5-4-9(7-15-12)13(19)16-17-14(20)11-6-8-2-1-3-10(8)21-11/h4-7H,1-3H2,(H,15,18)(H,16,19)(H,17,20). The maximum absolute atomic E-state index is 12.0. The number of aromatic nitrogens is 1. The number of hydrogen-bond acceptors (Lipinski definition) is 4. The zero-order valence-electron chi connectivity index (χ0n) is 11.1. The Morgan fingerprint density at radius 3 is 2.67 bits per heavy atom. The van der Waals surface area contributed by atoms with E-state index < -0.39 is 5.91 Å². The maximum Gasteiger partial charge on any atom is 0.279 e. The Morgan fingerprint density at radius 2 is 1.95 bits per heavy atom. The minimum absolute atomic E-state index is 0.267. The molecule has 0 aromatic carbocycles. The minimum atomic E-state index is -0.483. The molecule has 0 saturated carbocycles. The highest BCUT2D eigenvalue weighted by Crippen LogP contribution is 2.30. The summed E-state index contributed by atoms with van der Waals surface area (Å²) in [5, 5.41) is 0. The van der Waals surface area contributed by atoms with Crippen molar-refractivity contribution in [2.24, 2.45) is 0 Å². The van der Waals surface area contributed by atoms with Crippen LogP contribution in [0.1, 0.15) is 36.9 Å². The van der Waals surface area contributed by atoms with Gasteiger partial charge < -0.3 is 4.98 Å². The van der Waals surface area contributed by atoms with E-state index in [4.69, 9.17) is 0 Å². The predicted octanol–water partition coefficient (Wildman–Crippen LogP) is 1.000. The normalized spacial score (nSPS) is 12.8. The second-order valence-corrected chi connectivity index (χ2v) is 5.90. The molecule has 3 N–H and O–H groups in total. The van der Waals surface area contributed by atoms with Crippen LogP contribution in [0.15, 0.2) is 29.2 Å². The van der Waals surface area contributed by atoms with Gasteiger partial charge in [0.2, 0.25) is 5.56 Å². The first-order valence-corrected chi connectivity index (χ1v) is 7.36. The van der Waals surface area contributed by atoms with Crippen LogP contribution < -0.4 is 16.4 Å². The molecule has 0 fully saturated rings. The van der Waals surface area contributed by atoms with E-state index >= 15 is 0 Å². The van der Waals surface area contributed by atoms with Crippen molar-refractivity contribution in [3.05, 3.63) is 55.6 Å². The van der Waals surface area contributed by atoms with Crippen LogP contribution in [0.3, 0.4) is 0 Å². The van der Waals surface area contributed by atoms with E-state index in [9.17, 15) is 14.4 Å². The average Bonchev–Trinajstić information content (AvgIpc) is 3.06. The minimum Gasteiger partial charge on any atom is -0.328 e. The molecule has 6 nitrogen and oxygen atoms in total. The molecular weight excluding hydrogens is 290 g/mol. The summed E-state index contributed by atoms with van der Waals surface area (Å²) in [6.07, 6.45) is 4.48. The summed E-state index contributed by atoms with van der Waals surface area (Å²) in [7, 11) is 0. The Morgan fingerprint density at radius 1 is 1.14 bits per heavy atom. The van der Waals surface area contributed by atoms with E-state index in [-0.39, 0.29) is 17.0 Å². The van der Waals surface area contributed by atoms with Crippen LogP contribution in [0.2, 0.25) is 0 Å². The number of amides is 2. The zero-order chi connectivity index (χ0) is 14.8. The van der Waals surface area contributed by atoms with Gasteiger partial charge in [0.15, 0.2) is 0 Å². The van der Waals surface area contributed by atoms with Crippen molar-refractivity contribution in [3.63, 3.8) is 0 Å². The van der Waals surface area contributed by atoms with Gasteiger partial charge in [-0.25, -0.2) is 0 Å². The number of thiophene rings is 1. The first kappa shape index (κ1) is 13.6. The number of fused-ring (bicyclic) bond motifs is 1. The van der Waals surface area contributed by atoms with Gasteiger partial charge in [-0.2, -0.15) is 0 Å². The number of carbonyl (C=O) groups excluding carboxylic acids is 2. The summed E-state index contributed by atoms with van der Waals surface area (Å²) in [6, 6.07) is 4.52. The quantitative estimate of drug-likeness (QED) is 0.723. The maximum atomic E-state index is 12.0. The highest BCUT2D eigenvalue weighted by Gasteiger charge is 2.18. The second kappa shape index (κ2) is 5.53. The lowest BCUT2D eigenvalue weighted by Gasteiger charge is -2.05. The van der Waals surface area contributed by atoms with E-state index in [1.807, 2.05) is 6.07 Å². The lowest BCUT2D eigenvalue weighted by molar-refractivity contribution is 0.0848. The molecule has 2 amide bonds. The van der Waals surface area contributed by atoms with Gasteiger partial charge in [0, 0.05) is 17.1 Å². The molecule has 0 bridgehead atoms. The van der Waals surface area contributed by atoms with Gasteiger partial charge in [0.25, 0.3) is 11.8 Å². The van der Waals surface area contributed by atoms with Gasteiger partial charge in [0.1, 0.15) is 0 Å². The van der Waals surface area contributed by atoms with Gasteiger partial charge in [-0.15, -0.1) is 11.3 Å². The lowest BCUT2D eigenvalue weighted by atomic mass is 10.2. The number of aromatic amines is 1. The van der Waals surface area contributed by atoms with Crippen molar-refractivity contribution in [2.75, 3.05) is 0 Å². The highest BCUT2D eigenvalue weighted by molar-refractivity contribution is 7.14. The van der Waals surface area contributed by atoms with Crippen molar-refractivity contribution >= 4 is 23.2 Å². The fraction of sp³-hybridized carbons (Fsp3) is 0.214. The van der Waals surface area contributed by atoms with Crippen LogP contribution in [0.5, 0.6) is 0 Å². The predicted molar refractivity (Wildman–Crippen MR) is 78.3 cm³/mol. The summed E-state index contributed by atoms with van der Waals surface area (Å²) in [5.74, 6) is -0.809. The van der Waals surface area contributed by atoms with Gasteiger partial charge in [-0.1, -0.05) is 0 Å². The molecule has 0 radical (unpaired) electrons. The Bertz CT molecular complexity index is 721. The number of pyridine rings is 1. The molecule has 0 saturated heterocycles. The Labute approximate surface area is 124 Å². The third-order valence-corrected chi connectivity index (χ3v) is 4.54. The Hall–Kier alpha value is -2.41. The van der Waals surface area contributed by atoms with Crippen molar-refractivity contribution < 1.29 is 9.59 Å². The Kier molecular flexibility index (Phi) is 3.57. The molecule has 2 aromatic heterocycles. The van der Waals surface area contributed by atoms with Crippen LogP contribution in [-0.2, 0) is 12.8 Å². The number of H-pyrrole nitrogens is 1. The monoisotopic (exact) mass is 303 g/mol. The molecule has 7 heteroatoms. The zero-order valence-corrected chi connectivity index (χ0v) is 11.9. The number of carbonyl (C=O) groups is 2. The molecule has 0 aliphatic heterocycles. The summed E-state index contributed by atoms with van der Waals surface area (Å²) in [5.41, 5.74) is 5.92. The largest absolute Gasteiger partial charge is 0.328 e. The molecule has 1 aliphatic carbocycles. The number of nitrogens with one attached hydrogen (secondary N) is 3. The average molecular weight is 303 g/mol. The molecule has 0 spiro atoms. The van der Waals surface area contributed by atoms with Gasteiger partial charge in [-0.3, -0.25) is 25.2 Å². The van der Waals surface area contributed by atoms with Gasteiger partial charge in [0.05, 0.1) is 10.4 Å². The Balaban J connectivity index is 1.61. The fourth-order valence-electron chi connectivity index (χ4n) is 2.24. The third-order valence-electron chi connectivity index (χ3n) is 3.31. The van der Waals surface area contributed by atoms with Crippen LogP contribution >= 0.6 is 11.3 Å². The number of hydrazine groups is 1. The van der Waals surface area contributed by atoms with Crippen LogP contribution in [0, 0.1) is 0 Å². The SMILES string of the molecule is O=C(NNC(=O)c1cc2c(s1)CCC2)c1ccc(=O)[nH]c1. The third kappa shape index (κ3) is 2.87. The van der Waals surface area contributed by atoms with E-state index in [0.29, 0.717) is 4.88 Å². The van der Waals surface area contributed by atoms with E-state index in [1.54, 1.807) is 0 Å². The van der Waals surface area contributed by atoms with E-state index in [2.05, 4.69) is 15.8 Å². The van der Waals surface area contributed by atoms with Gasteiger partial charge >= 0.3 is 0 Å². The summed E-state index contributed by atoms with van der Waals surface area (Å²) in [6.45, 7) is 0.